The van der Waals surface area contributed by atoms with E-state index in [4.69, 9.17) is 0 Å². The summed E-state index contributed by atoms with van der Waals surface area (Å²) >= 11 is 3.32. The predicted octanol–water partition coefficient (Wildman–Crippen LogP) is 3.26. The number of likely N-dealkylation sites (tertiary alicyclic amines) is 1. The summed E-state index contributed by atoms with van der Waals surface area (Å²) in [6.07, 6.45) is 2.65. The summed E-state index contributed by atoms with van der Waals surface area (Å²) in [6.45, 7) is 6.01. The summed E-state index contributed by atoms with van der Waals surface area (Å²) in [4.78, 5) is 20.3. The van der Waals surface area contributed by atoms with E-state index in [1.165, 1.54) is 4.88 Å². The van der Waals surface area contributed by atoms with Crippen LogP contribution >= 0.6 is 22.7 Å². The van der Waals surface area contributed by atoms with Crippen molar-refractivity contribution in [1.82, 2.24) is 15.2 Å². The zero-order chi connectivity index (χ0) is 16.1. The first-order chi connectivity index (χ1) is 11.3. The van der Waals surface area contributed by atoms with E-state index in [1.807, 2.05) is 16.3 Å². The van der Waals surface area contributed by atoms with Gasteiger partial charge in [0.25, 0.3) is 0 Å². The van der Waals surface area contributed by atoms with Crippen molar-refractivity contribution in [3.63, 3.8) is 0 Å². The molecule has 0 aliphatic carbocycles. The summed E-state index contributed by atoms with van der Waals surface area (Å²) in [5.41, 5.74) is 0.901. The highest BCUT2D eigenvalue weighted by atomic mass is 32.1. The number of carbonyl (C=O) groups excluding carboxylic acids is 1. The van der Waals surface area contributed by atoms with Crippen molar-refractivity contribution in [2.24, 2.45) is 5.92 Å². The lowest BCUT2D eigenvalue weighted by molar-refractivity contribution is -0.131. The van der Waals surface area contributed by atoms with Crippen LogP contribution in [-0.2, 0) is 11.2 Å². The van der Waals surface area contributed by atoms with Crippen molar-refractivity contribution in [1.29, 1.82) is 0 Å². The van der Waals surface area contributed by atoms with Crippen LogP contribution in [0.2, 0.25) is 0 Å². The third kappa shape index (κ3) is 4.40. The predicted molar refractivity (Wildman–Crippen MR) is 97.0 cm³/mol. The second kappa shape index (κ2) is 8.04. The van der Waals surface area contributed by atoms with Crippen LogP contribution in [0.3, 0.4) is 0 Å². The van der Waals surface area contributed by atoms with Gasteiger partial charge in [-0.15, -0.1) is 22.7 Å². The van der Waals surface area contributed by atoms with Gasteiger partial charge in [-0.25, -0.2) is 4.98 Å². The molecule has 2 aromatic rings. The molecular weight excluding hydrogens is 326 g/mol. The highest BCUT2D eigenvalue weighted by Crippen LogP contribution is 2.28. The molecule has 1 fully saturated rings. The first-order valence-corrected chi connectivity index (χ1v) is 9.99. The lowest BCUT2D eigenvalue weighted by atomic mass is 9.96. The molecular formula is C17H23N3OS2. The van der Waals surface area contributed by atoms with Crippen molar-refractivity contribution in [2.45, 2.75) is 26.2 Å². The minimum absolute atomic E-state index is 0.218. The van der Waals surface area contributed by atoms with E-state index in [1.54, 1.807) is 22.7 Å². The summed E-state index contributed by atoms with van der Waals surface area (Å²) in [7, 11) is 0. The number of aromatic nitrogens is 1. The maximum atomic E-state index is 12.5. The number of hydrogen-bond acceptors (Lipinski definition) is 5. The Kier molecular flexibility index (Phi) is 5.80. The average molecular weight is 350 g/mol. The second-order valence-corrected chi connectivity index (χ2v) is 7.74. The molecule has 1 aliphatic heterocycles. The number of thiophene rings is 1. The van der Waals surface area contributed by atoms with Crippen molar-refractivity contribution >= 4 is 28.6 Å². The van der Waals surface area contributed by atoms with E-state index >= 15 is 0 Å². The number of nitrogens with zero attached hydrogens (tertiary/aromatic N) is 2. The van der Waals surface area contributed by atoms with Gasteiger partial charge in [0.1, 0.15) is 5.01 Å². The first-order valence-electron chi connectivity index (χ1n) is 8.23. The van der Waals surface area contributed by atoms with Gasteiger partial charge in [-0.05, 0) is 43.3 Å². The molecule has 1 saturated heterocycles. The lowest BCUT2D eigenvalue weighted by Crippen LogP contribution is -2.41. The number of piperidine rings is 1. The summed E-state index contributed by atoms with van der Waals surface area (Å²) in [6, 6.07) is 4.11. The van der Waals surface area contributed by atoms with Crippen molar-refractivity contribution in [3.8, 4) is 9.88 Å². The monoisotopic (exact) mass is 349 g/mol. The van der Waals surface area contributed by atoms with Crippen LogP contribution in [0.25, 0.3) is 9.88 Å². The van der Waals surface area contributed by atoms with Gasteiger partial charge >= 0.3 is 0 Å². The van der Waals surface area contributed by atoms with Gasteiger partial charge in [0.2, 0.25) is 5.91 Å². The van der Waals surface area contributed by atoms with Crippen LogP contribution in [0.4, 0.5) is 0 Å². The number of rotatable bonds is 6. The fourth-order valence-corrected chi connectivity index (χ4v) is 4.54. The largest absolute Gasteiger partial charge is 0.342 e. The topological polar surface area (TPSA) is 45.2 Å². The minimum Gasteiger partial charge on any atom is -0.342 e. The molecule has 0 aromatic carbocycles. The van der Waals surface area contributed by atoms with E-state index in [0.717, 1.165) is 49.7 Å². The molecule has 0 saturated carbocycles. The zero-order valence-electron chi connectivity index (χ0n) is 13.5. The van der Waals surface area contributed by atoms with Crippen LogP contribution in [0, 0.1) is 5.92 Å². The quantitative estimate of drug-likeness (QED) is 0.871. The van der Waals surface area contributed by atoms with Crippen molar-refractivity contribution in [2.75, 3.05) is 26.2 Å². The van der Waals surface area contributed by atoms with E-state index < -0.39 is 0 Å². The number of carbonyl (C=O) groups is 1. The van der Waals surface area contributed by atoms with Gasteiger partial charge in [-0.1, -0.05) is 13.0 Å². The van der Waals surface area contributed by atoms with Crippen LogP contribution in [0.15, 0.2) is 22.9 Å². The molecule has 0 bridgehead atoms. The molecule has 1 amide bonds. The molecule has 3 rings (SSSR count). The maximum Gasteiger partial charge on any atom is 0.228 e. The second-order valence-electron chi connectivity index (χ2n) is 5.93. The first kappa shape index (κ1) is 16.6. The van der Waals surface area contributed by atoms with Crippen LogP contribution in [0.5, 0.6) is 0 Å². The molecule has 0 radical (unpaired) electrons. The zero-order valence-corrected chi connectivity index (χ0v) is 15.1. The Morgan fingerprint density at radius 1 is 1.39 bits per heavy atom. The Morgan fingerprint density at radius 3 is 2.91 bits per heavy atom. The third-order valence-electron chi connectivity index (χ3n) is 4.27. The normalized spacial score (nSPS) is 16.0. The van der Waals surface area contributed by atoms with Crippen molar-refractivity contribution in [3.05, 3.63) is 28.6 Å². The fraction of sp³-hybridized carbons (Fsp3) is 0.529. The Bertz CT molecular complexity index is 616. The van der Waals surface area contributed by atoms with Crippen LogP contribution in [-0.4, -0.2) is 42.0 Å². The Hall–Kier alpha value is -1.24. The van der Waals surface area contributed by atoms with E-state index in [-0.39, 0.29) is 5.91 Å². The van der Waals surface area contributed by atoms with Gasteiger partial charge in [0.05, 0.1) is 17.0 Å². The number of nitrogens with one attached hydrogen (secondary N) is 1. The summed E-state index contributed by atoms with van der Waals surface area (Å²) in [5, 5.41) is 8.50. The SMILES string of the molecule is CCNCC1CCN(C(=O)Cc2csc(-c3cccs3)n2)CC1. The number of hydrogen-bond donors (Lipinski definition) is 1. The maximum absolute atomic E-state index is 12.5. The standard InChI is InChI=1S/C17H23N3OS2/c1-2-18-11-13-5-7-20(8-6-13)16(21)10-14-12-23-17(19-14)15-4-3-9-22-15/h3-4,9,12-13,18H,2,5-8,10-11H2,1H3. The molecule has 0 unspecified atom stereocenters. The molecule has 2 aromatic heterocycles. The van der Waals surface area contributed by atoms with Crippen LogP contribution in [0.1, 0.15) is 25.5 Å². The molecule has 0 atom stereocenters. The van der Waals surface area contributed by atoms with E-state index in [9.17, 15) is 4.79 Å². The van der Waals surface area contributed by atoms with Gasteiger partial charge < -0.3 is 10.2 Å². The van der Waals surface area contributed by atoms with Crippen LogP contribution < -0.4 is 5.32 Å². The molecule has 4 nitrogen and oxygen atoms in total. The van der Waals surface area contributed by atoms with Gasteiger partial charge in [-0.3, -0.25) is 4.79 Å². The van der Waals surface area contributed by atoms with E-state index in [2.05, 4.69) is 28.7 Å². The smallest absolute Gasteiger partial charge is 0.228 e. The average Bonchev–Trinajstić information content (AvgIpc) is 3.24. The fourth-order valence-electron chi connectivity index (χ4n) is 2.90. The van der Waals surface area contributed by atoms with Crippen molar-refractivity contribution < 1.29 is 4.79 Å². The molecule has 23 heavy (non-hydrogen) atoms. The molecule has 124 valence electrons. The highest BCUT2D eigenvalue weighted by molar-refractivity contribution is 7.20. The third-order valence-corrected chi connectivity index (χ3v) is 6.20. The minimum atomic E-state index is 0.218. The Morgan fingerprint density at radius 2 is 2.22 bits per heavy atom. The van der Waals surface area contributed by atoms with E-state index in [0.29, 0.717) is 12.3 Å². The molecule has 1 aliphatic rings. The van der Waals surface area contributed by atoms with Gasteiger partial charge in [0.15, 0.2) is 0 Å². The number of amides is 1. The van der Waals surface area contributed by atoms with Gasteiger partial charge in [0, 0.05) is 18.5 Å². The summed E-state index contributed by atoms with van der Waals surface area (Å²) in [5.74, 6) is 0.929. The Labute approximate surface area is 145 Å². The summed E-state index contributed by atoms with van der Waals surface area (Å²) < 4.78 is 0. The van der Waals surface area contributed by atoms with Gasteiger partial charge in [-0.2, -0.15) is 0 Å². The molecule has 6 heteroatoms. The lowest BCUT2D eigenvalue weighted by Gasteiger charge is -2.32. The molecule has 0 spiro atoms. The molecule has 1 N–H and O–H groups in total. The number of thiazole rings is 1. The molecule has 3 heterocycles. The highest BCUT2D eigenvalue weighted by Gasteiger charge is 2.23. The Balaban J connectivity index is 1.50.